The number of nitrogens with zero attached hydrogens (tertiary/aromatic N) is 2. The van der Waals surface area contributed by atoms with Crippen LogP contribution >= 0.6 is 0 Å². The first-order chi connectivity index (χ1) is 9.59. The van der Waals surface area contributed by atoms with E-state index in [1.807, 2.05) is 50.2 Å². The summed E-state index contributed by atoms with van der Waals surface area (Å²) in [5, 5.41) is 6.67. The Labute approximate surface area is 118 Å². The van der Waals surface area contributed by atoms with Crippen molar-refractivity contribution in [3.8, 4) is 0 Å². The van der Waals surface area contributed by atoms with Crippen molar-refractivity contribution < 1.29 is 9.32 Å². The Balaban J connectivity index is 2.12. The number of aryl methyl sites for hydroxylation is 1. The first-order valence-electron chi connectivity index (χ1n) is 6.48. The number of likely N-dealkylation sites (N-methyl/N-ethyl adjacent to an activating group) is 1. The molecule has 0 radical (unpaired) electrons. The van der Waals surface area contributed by atoms with Gasteiger partial charge in [0.15, 0.2) is 0 Å². The highest BCUT2D eigenvalue weighted by Gasteiger charge is 2.24. The van der Waals surface area contributed by atoms with Gasteiger partial charge in [-0.2, -0.15) is 0 Å². The van der Waals surface area contributed by atoms with Gasteiger partial charge in [0, 0.05) is 6.07 Å². The summed E-state index contributed by atoms with van der Waals surface area (Å²) in [6, 6.07) is 9.33. The summed E-state index contributed by atoms with van der Waals surface area (Å²) in [6.45, 7) is 2.38. The molecule has 0 saturated carbocycles. The molecule has 1 unspecified atom stereocenters. The van der Waals surface area contributed by atoms with E-state index in [9.17, 15) is 4.79 Å². The van der Waals surface area contributed by atoms with Crippen LogP contribution in [-0.4, -0.2) is 30.1 Å². The van der Waals surface area contributed by atoms with Crippen LogP contribution in [0.25, 0.3) is 0 Å². The minimum absolute atomic E-state index is 0.0488. The van der Waals surface area contributed by atoms with Gasteiger partial charge in [-0.05, 0) is 32.1 Å². The van der Waals surface area contributed by atoms with Crippen LogP contribution in [0.5, 0.6) is 0 Å². The minimum atomic E-state index is -0.317. The molecule has 0 aliphatic carbocycles. The van der Waals surface area contributed by atoms with Crippen LogP contribution in [-0.2, 0) is 11.3 Å². The lowest BCUT2D eigenvalue weighted by atomic mass is 10.00. The zero-order valence-corrected chi connectivity index (χ0v) is 12.0. The number of aromatic nitrogens is 1. The molecule has 2 rings (SSSR count). The van der Waals surface area contributed by atoms with Crippen molar-refractivity contribution in [2.75, 3.05) is 14.1 Å². The maximum Gasteiger partial charge on any atom is 0.242 e. The average Bonchev–Trinajstić information content (AvgIpc) is 2.92. The molecule has 1 amide bonds. The third-order valence-electron chi connectivity index (χ3n) is 3.18. The summed E-state index contributed by atoms with van der Waals surface area (Å²) in [7, 11) is 3.79. The Morgan fingerprint density at radius 2 is 2.10 bits per heavy atom. The molecule has 0 aliphatic heterocycles. The van der Waals surface area contributed by atoms with Gasteiger partial charge in [0.05, 0.1) is 6.54 Å². The predicted molar refractivity (Wildman–Crippen MR) is 76.0 cm³/mol. The van der Waals surface area contributed by atoms with Crippen LogP contribution in [0.3, 0.4) is 0 Å². The van der Waals surface area contributed by atoms with Crippen LogP contribution in [0.15, 0.2) is 41.1 Å². The second kappa shape index (κ2) is 6.34. The third kappa shape index (κ3) is 3.24. The number of nitrogens with one attached hydrogen (secondary N) is 1. The Morgan fingerprint density at radius 3 is 2.70 bits per heavy atom. The van der Waals surface area contributed by atoms with Gasteiger partial charge in [0.1, 0.15) is 18.0 Å². The fourth-order valence-electron chi connectivity index (χ4n) is 2.15. The fraction of sp³-hybridized carbons (Fsp3) is 0.333. The molecule has 0 spiro atoms. The number of amides is 1. The molecular formula is C15H19N3O2. The van der Waals surface area contributed by atoms with E-state index in [4.69, 9.17) is 4.52 Å². The number of rotatable bonds is 5. The standard InChI is InChI=1S/C15H19N3O2/c1-11-6-4-5-7-13(11)14(18(2)3)15(19)16-10-12-8-9-20-17-12/h4-9,14H,10H2,1-3H3,(H,16,19). The smallest absolute Gasteiger partial charge is 0.242 e. The quantitative estimate of drug-likeness (QED) is 0.904. The van der Waals surface area contributed by atoms with E-state index in [2.05, 4.69) is 10.5 Å². The molecule has 0 fully saturated rings. The Morgan fingerprint density at radius 1 is 1.35 bits per heavy atom. The lowest BCUT2D eigenvalue weighted by Crippen LogP contribution is -2.37. The van der Waals surface area contributed by atoms with Gasteiger partial charge >= 0.3 is 0 Å². The molecule has 106 valence electrons. The maximum atomic E-state index is 12.4. The van der Waals surface area contributed by atoms with Gasteiger partial charge in [0.25, 0.3) is 0 Å². The van der Waals surface area contributed by atoms with E-state index in [-0.39, 0.29) is 11.9 Å². The van der Waals surface area contributed by atoms with Crippen LogP contribution in [0.2, 0.25) is 0 Å². The van der Waals surface area contributed by atoms with E-state index < -0.39 is 0 Å². The lowest BCUT2D eigenvalue weighted by Gasteiger charge is -2.25. The van der Waals surface area contributed by atoms with Gasteiger partial charge in [-0.1, -0.05) is 29.4 Å². The Hall–Kier alpha value is -2.14. The van der Waals surface area contributed by atoms with E-state index in [0.717, 1.165) is 11.1 Å². The first-order valence-corrected chi connectivity index (χ1v) is 6.48. The zero-order chi connectivity index (χ0) is 14.5. The predicted octanol–water partition coefficient (Wildman–Crippen LogP) is 1.90. The maximum absolute atomic E-state index is 12.4. The van der Waals surface area contributed by atoms with E-state index in [1.165, 1.54) is 6.26 Å². The Bertz CT molecular complexity index is 564. The van der Waals surface area contributed by atoms with Gasteiger partial charge in [0.2, 0.25) is 5.91 Å². The van der Waals surface area contributed by atoms with Crippen molar-refractivity contribution in [3.63, 3.8) is 0 Å². The first kappa shape index (κ1) is 14.3. The van der Waals surface area contributed by atoms with Crippen molar-refractivity contribution in [1.29, 1.82) is 0 Å². The lowest BCUT2D eigenvalue weighted by molar-refractivity contribution is -0.126. The SMILES string of the molecule is Cc1ccccc1C(C(=O)NCc1ccon1)N(C)C. The van der Waals surface area contributed by atoms with Gasteiger partial charge in [-0.25, -0.2) is 0 Å². The normalized spacial score (nSPS) is 12.4. The Kier molecular flexibility index (Phi) is 4.53. The van der Waals surface area contributed by atoms with Crippen LogP contribution < -0.4 is 5.32 Å². The summed E-state index contributed by atoms with van der Waals surface area (Å²) in [5.41, 5.74) is 2.82. The second-order valence-corrected chi connectivity index (χ2v) is 4.93. The molecule has 5 nitrogen and oxygen atoms in total. The monoisotopic (exact) mass is 273 g/mol. The van der Waals surface area contributed by atoms with E-state index in [1.54, 1.807) is 6.07 Å². The number of carbonyl (C=O) groups excluding carboxylic acids is 1. The highest BCUT2D eigenvalue weighted by molar-refractivity contribution is 5.83. The molecule has 1 N–H and O–H groups in total. The molecule has 20 heavy (non-hydrogen) atoms. The molecule has 2 aromatic rings. The molecule has 1 heterocycles. The van der Waals surface area contributed by atoms with E-state index in [0.29, 0.717) is 12.2 Å². The van der Waals surface area contributed by atoms with Crippen LogP contribution in [0, 0.1) is 6.92 Å². The van der Waals surface area contributed by atoms with Gasteiger partial charge in [-0.15, -0.1) is 0 Å². The minimum Gasteiger partial charge on any atom is -0.364 e. The summed E-state index contributed by atoms with van der Waals surface area (Å²) < 4.78 is 4.75. The van der Waals surface area contributed by atoms with Crippen molar-refractivity contribution >= 4 is 5.91 Å². The summed E-state index contributed by atoms with van der Waals surface area (Å²) in [4.78, 5) is 14.3. The van der Waals surface area contributed by atoms with Crippen LogP contribution in [0.4, 0.5) is 0 Å². The number of benzene rings is 1. The molecule has 0 saturated heterocycles. The zero-order valence-electron chi connectivity index (χ0n) is 12.0. The number of hydrogen-bond acceptors (Lipinski definition) is 4. The summed E-state index contributed by atoms with van der Waals surface area (Å²) >= 11 is 0. The number of carbonyl (C=O) groups is 1. The molecule has 1 aromatic carbocycles. The van der Waals surface area contributed by atoms with Crippen LogP contribution in [0.1, 0.15) is 22.9 Å². The van der Waals surface area contributed by atoms with Crippen molar-refractivity contribution in [2.45, 2.75) is 19.5 Å². The average molecular weight is 273 g/mol. The molecule has 0 aliphatic rings. The van der Waals surface area contributed by atoms with E-state index >= 15 is 0 Å². The third-order valence-corrected chi connectivity index (χ3v) is 3.18. The summed E-state index contributed by atoms with van der Waals surface area (Å²) in [6.07, 6.45) is 1.49. The fourth-order valence-corrected chi connectivity index (χ4v) is 2.15. The summed E-state index contributed by atoms with van der Waals surface area (Å²) in [5.74, 6) is -0.0488. The molecule has 1 aromatic heterocycles. The van der Waals surface area contributed by atoms with Gasteiger partial charge in [-0.3, -0.25) is 9.69 Å². The largest absolute Gasteiger partial charge is 0.364 e. The van der Waals surface area contributed by atoms with Crippen molar-refractivity contribution in [2.24, 2.45) is 0 Å². The topological polar surface area (TPSA) is 58.4 Å². The molecular weight excluding hydrogens is 254 g/mol. The molecule has 5 heteroatoms. The highest BCUT2D eigenvalue weighted by atomic mass is 16.5. The van der Waals surface area contributed by atoms with Gasteiger partial charge < -0.3 is 9.84 Å². The van der Waals surface area contributed by atoms with Crippen molar-refractivity contribution in [3.05, 3.63) is 53.4 Å². The molecule has 0 bridgehead atoms. The molecule has 1 atom stereocenters. The van der Waals surface area contributed by atoms with Crippen molar-refractivity contribution in [1.82, 2.24) is 15.4 Å². The second-order valence-electron chi connectivity index (χ2n) is 4.93. The number of hydrogen-bond donors (Lipinski definition) is 1. The highest BCUT2D eigenvalue weighted by Crippen LogP contribution is 2.22.